The van der Waals surface area contributed by atoms with E-state index >= 15 is 0 Å². The van der Waals surface area contributed by atoms with E-state index < -0.39 is 0 Å². The Kier molecular flexibility index (Phi) is 6.04. The molecule has 0 radical (unpaired) electrons. The van der Waals surface area contributed by atoms with Crippen molar-refractivity contribution < 1.29 is 9.59 Å². The largest absolute Gasteiger partial charge is 0.342 e. The predicted molar refractivity (Wildman–Crippen MR) is 125 cm³/mol. The molecule has 2 aromatic heterocycles. The summed E-state index contributed by atoms with van der Waals surface area (Å²) in [5.74, 6) is 0.271. The highest BCUT2D eigenvalue weighted by molar-refractivity contribution is 5.92. The Hall–Kier alpha value is -3.33. The minimum atomic E-state index is -0.137. The van der Waals surface area contributed by atoms with Crippen LogP contribution in [0.1, 0.15) is 25.7 Å². The topological polar surface area (TPSA) is 96.2 Å². The molecule has 1 N–H and O–H groups in total. The molecule has 0 saturated carbocycles. The van der Waals surface area contributed by atoms with Crippen LogP contribution in [0, 0.1) is 5.92 Å². The zero-order valence-corrected chi connectivity index (χ0v) is 18.9. The van der Waals surface area contributed by atoms with Gasteiger partial charge >= 0.3 is 0 Å². The maximum absolute atomic E-state index is 12.8. The van der Waals surface area contributed by atoms with E-state index in [1.807, 2.05) is 42.5 Å². The molecule has 172 valence electrons. The van der Waals surface area contributed by atoms with Crippen LogP contribution in [0.15, 0.2) is 36.8 Å². The molecule has 0 bridgehead atoms. The molecular weight excluding hydrogens is 418 g/mol. The number of amides is 2. The van der Waals surface area contributed by atoms with Gasteiger partial charge in [-0.1, -0.05) is 12.1 Å². The van der Waals surface area contributed by atoms with Crippen LogP contribution in [0.3, 0.4) is 0 Å². The normalized spacial score (nSPS) is 17.5. The molecule has 2 aliphatic heterocycles. The van der Waals surface area contributed by atoms with E-state index in [0.29, 0.717) is 38.4 Å². The van der Waals surface area contributed by atoms with Gasteiger partial charge in [-0.3, -0.25) is 24.5 Å². The van der Waals surface area contributed by atoms with Crippen LogP contribution < -0.4 is 5.32 Å². The highest BCUT2D eigenvalue weighted by Gasteiger charge is 2.28. The molecule has 2 aliphatic rings. The van der Waals surface area contributed by atoms with Crippen LogP contribution in [-0.4, -0.2) is 74.1 Å². The molecule has 2 fully saturated rings. The number of likely N-dealkylation sites (tertiary alicyclic amines) is 2. The summed E-state index contributed by atoms with van der Waals surface area (Å²) in [6, 6.07) is 5.96. The average Bonchev–Trinajstić information content (AvgIpc) is 3.50. The Morgan fingerprint density at radius 2 is 1.85 bits per heavy atom. The van der Waals surface area contributed by atoms with Gasteiger partial charge in [-0.15, -0.1) is 0 Å². The molecule has 2 saturated heterocycles. The van der Waals surface area contributed by atoms with Gasteiger partial charge in [0.15, 0.2) is 0 Å². The number of nitrogens with zero attached hydrogens (tertiary/aromatic N) is 6. The Bertz CT molecular complexity index is 1160. The number of carbonyl (C=O) groups excluding carboxylic acids is 2. The van der Waals surface area contributed by atoms with Crippen molar-refractivity contribution in [1.29, 1.82) is 0 Å². The molecule has 0 unspecified atom stereocenters. The van der Waals surface area contributed by atoms with Gasteiger partial charge in [-0.2, -0.15) is 5.10 Å². The van der Waals surface area contributed by atoms with Crippen molar-refractivity contribution in [3.8, 4) is 11.1 Å². The molecule has 3 aromatic rings. The van der Waals surface area contributed by atoms with E-state index in [2.05, 4.69) is 25.3 Å². The predicted octanol–water partition coefficient (Wildman–Crippen LogP) is 2.30. The highest BCUT2D eigenvalue weighted by atomic mass is 16.2. The van der Waals surface area contributed by atoms with Gasteiger partial charge in [-0.25, -0.2) is 9.97 Å². The van der Waals surface area contributed by atoms with E-state index in [-0.39, 0.29) is 17.7 Å². The summed E-state index contributed by atoms with van der Waals surface area (Å²) in [6.07, 6.45) is 9.17. The molecule has 9 nitrogen and oxygen atoms in total. The molecular formula is C24H29N7O2. The first-order valence-electron chi connectivity index (χ1n) is 11.6. The van der Waals surface area contributed by atoms with Gasteiger partial charge in [0, 0.05) is 49.4 Å². The number of piperidine rings is 1. The lowest BCUT2D eigenvalue weighted by molar-refractivity contribution is -0.135. The molecule has 1 aromatic carbocycles. The summed E-state index contributed by atoms with van der Waals surface area (Å²) in [5.41, 5.74) is 2.79. The van der Waals surface area contributed by atoms with Crippen LogP contribution in [0.2, 0.25) is 0 Å². The number of aryl methyl sites for hydroxylation is 1. The van der Waals surface area contributed by atoms with Gasteiger partial charge in [0.2, 0.25) is 17.8 Å². The number of anilines is 1. The van der Waals surface area contributed by atoms with Gasteiger partial charge in [0.25, 0.3) is 0 Å². The van der Waals surface area contributed by atoms with Crippen molar-refractivity contribution in [3.63, 3.8) is 0 Å². The monoisotopic (exact) mass is 447 g/mol. The molecule has 5 rings (SSSR count). The van der Waals surface area contributed by atoms with Crippen molar-refractivity contribution >= 4 is 28.7 Å². The Morgan fingerprint density at radius 3 is 2.58 bits per heavy atom. The maximum atomic E-state index is 12.8. The first-order valence-corrected chi connectivity index (χ1v) is 11.6. The van der Waals surface area contributed by atoms with Crippen LogP contribution >= 0.6 is 0 Å². The third-order valence-electron chi connectivity index (χ3n) is 6.63. The van der Waals surface area contributed by atoms with Crippen molar-refractivity contribution in [2.45, 2.75) is 25.7 Å². The fraction of sp³-hybridized carbons (Fsp3) is 0.458. The fourth-order valence-corrected chi connectivity index (χ4v) is 4.67. The summed E-state index contributed by atoms with van der Waals surface area (Å²) in [4.78, 5) is 38.4. The van der Waals surface area contributed by atoms with Gasteiger partial charge in [0.05, 0.1) is 18.3 Å². The molecule has 0 aliphatic carbocycles. The lowest BCUT2D eigenvalue weighted by Crippen LogP contribution is -2.45. The zero-order chi connectivity index (χ0) is 22.8. The lowest BCUT2D eigenvalue weighted by atomic mass is 9.96. The molecule has 33 heavy (non-hydrogen) atoms. The Morgan fingerprint density at radius 1 is 1.06 bits per heavy atom. The molecule has 4 heterocycles. The van der Waals surface area contributed by atoms with E-state index in [0.717, 1.165) is 35.1 Å². The highest BCUT2D eigenvalue weighted by Crippen LogP contribution is 2.24. The second-order valence-electron chi connectivity index (χ2n) is 9.00. The van der Waals surface area contributed by atoms with Gasteiger partial charge in [-0.05, 0) is 50.4 Å². The average molecular weight is 448 g/mol. The summed E-state index contributed by atoms with van der Waals surface area (Å²) in [7, 11) is 1.88. The molecule has 0 atom stereocenters. The number of aromatic nitrogens is 4. The van der Waals surface area contributed by atoms with E-state index in [1.165, 1.54) is 12.8 Å². The standard InChI is InChI=1S/C24H29N7O2/c1-29-15-20(14-26-29)18-4-5-19-13-25-24(27-21(19)12-18)28-23(33)17-6-10-31(11-7-17)22(32)16-30-8-2-3-9-30/h4-5,12-15,17H,2-3,6-11,16H2,1H3,(H,25,27,28,33). The second kappa shape index (κ2) is 9.27. The van der Waals surface area contributed by atoms with E-state index in [1.54, 1.807) is 10.9 Å². The summed E-state index contributed by atoms with van der Waals surface area (Å²) < 4.78 is 1.76. The SMILES string of the molecule is Cn1cc(-c2ccc3cnc(NC(=O)C4CCN(C(=O)CN5CCCC5)CC4)nc3c2)cn1. The van der Waals surface area contributed by atoms with Crippen molar-refractivity contribution in [1.82, 2.24) is 29.5 Å². The third kappa shape index (κ3) is 4.88. The fourth-order valence-electron chi connectivity index (χ4n) is 4.67. The number of rotatable bonds is 5. The van der Waals surface area contributed by atoms with Crippen molar-refractivity contribution in [3.05, 3.63) is 36.8 Å². The lowest BCUT2D eigenvalue weighted by Gasteiger charge is -2.32. The number of fused-ring (bicyclic) bond motifs is 1. The number of carbonyl (C=O) groups is 2. The number of nitrogens with one attached hydrogen (secondary N) is 1. The summed E-state index contributed by atoms with van der Waals surface area (Å²) in [5, 5.41) is 8.01. The van der Waals surface area contributed by atoms with Crippen molar-refractivity contribution in [2.75, 3.05) is 38.0 Å². The second-order valence-corrected chi connectivity index (χ2v) is 9.00. The van der Waals surface area contributed by atoms with Gasteiger partial charge in [0.1, 0.15) is 0 Å². The number of benzene rings is 1. The van der Waals surface area contributed by atoms with Crippen molar-refractivity contribution in [2.24, 2.45) is 13.0 Å². The molecule has 9 heteroatoms. The van der Waals surface area contributed by atoms with E-state index in [9.17, 15) is 9.59 Å². The Balaban J connectivity index is 1.19. The number of hydrogen-bond acceptors (Lipinski definition) is 6. The van der Waals surface area contributed by atoms with Crippen LogP contribution in [-0.2, 0) is 16.6 Å². The molecule has 0 spiro atoms. The van der Waals surface area contributed by atoms with Crippen LogP contribution in [0.25, 0.3) is 22.0 Å². The molecule has 2 amide bonds. The smallest absolute Gasteiger partial charge is 0.236 e. The minimum Gasteiger partial charge on any atom is -0.342 e. The Labute approximate surface area is 192 Å². The first-order chi connectivity index (χ1) is 16.0. The maximum Gasteiger partial charge on any atom is 0.236 e. The summed E-state index contributed by atoms with van der Waals surface area (Å²) >= 11 is 0. The first kappa shape index (κ1) is 21.5. The van der Waals surface area contributed by atoms with Crippen LogP contribution in [0.4, 0.5) is 5.95 Å². The van der Waals surface area contributed by atoms with Gasteiger partial charge < -0.3 is 4.90 Å². The third-order valence-corrected chi connectivity index (χ3v) is 6.63. The van der Waals surface area contributed by atoms with E-state index in [4.69, 9.17) is 0 Å². The zero-order valence-electron chi connectivity index (χ0n) is 18.9. The minimum absolute atomic E-state index is 0.0793. The van der Waals surface area contributed by atoms with Crippen LogP contribution in [0.5, 0.6) is 0 Å². The number of hydrogen-bond donors (Lipinski definition) is 1. The summed E-state index contributed by atoms with van der Waals surface area (Å²) in [6.45, 7) is 3.78. The quantitative estimate of drug-likeness (QED) is 0.645.